The van der Waals surface area contributed by atoms with Crippen molar-refractivity contribution in [1.29, 1.82) is 0 Å². The van der Waals surface area contributed by atoms with Crippen LogP contribution >= 0.6 is 0 Å². The molecule has 0 saturated heterocycles. The van der Waals surface area contributed by atoms with Crippen LogP contribution in [0.4, 0.5) is 0 Å². The van der Waals surface area contributed by atoms with Gasteiger partial charge < -0.3 is 0 Å². The highest BCUT2D eigenvalue weighted by atomic mass is 14.3. The van der Waals surface area contributed by atoms with Crippen LogP contribution < -0.4 is 0 Å². The third-order valence-electron chi connectivity index (χ3n) is 6.18. The van der Waals surface area contributed by atoms with Crippen molar-refractivity contribution in [3.63, 3.8) is 0 Å². The molecular weight excluding hydrogens is 372 g/mol. The lowest BCUT2D eigenvalue weighted by Gasteiger charge is -2.16. The first-order valence-electron chi connectivity index (χ1n) is 11.3. The van der Waals surface area contributed by atoms with Gasteiger partial charge in [0.1, 0.15) is 0 Å². The Morgan fingerprint density at radius 3 is 1.94 bits per heavy atom. The number of aryl methyl sites for hydroxylation is 1. The van der Waals surface area contributed by atoms with Crippen molar-refractivity contribution >= 4 is 6.08 Å². The standard InChI is InChI=1S/C23H22.C8H8/c1-3-16-10-7-12-20(18(16)4-2)22-14-8-13-21-19-11-6-5-9-17(19)15-23(21)22;1-2-8-6-4-3-5-7-8/h5-14H,3-4,15H2,1-2H3;2-7H,1H2. The fraction of sp³-hybridized carbons (Fsp3) is 0.161. The summed E-state index contributed by atoms with van der Waals surface area (Å²) in [6.07, 6.45) is 5.09. The Morgan fingerprint density at radius 1 is 0.645 bits per heavy atom. The molecule has 4 aromatic rings. The Labute approximate surface area is 186 Å². The summed E-state index contributed by atoms with van der Waals surface area (Å²) >= 11 is 0. The SMILES string of the molecule is C=Cc1ccccc1.CCc1cccc(-c2cccc3c2Cc2ccccc2-3)c1CC. The molecule has 154 valence electrons. The molecule has 31 heavy (non-hydrogen) atoms. The molecule has 0 nitrogen and oxygen atoms in total. The van der Waals surface area contributed by atoms with Crippen molar-refractivity contribution in [1.82, 2.24) is 0 Å². The second-order valence-corrected chi connectivity index (χ2v) is 7.93. The summed E-state index contributed by atoms with van der Waals surface area (Å²) in [5.41, 5.74) is 12.8. The zero-order valence-electron chi connectivity index (χ0n) is 18.6. The Balaban J connectivity index is 0.000000245. The van der Waals surface area contributed by atoms with Crippen LogP contribution in [0.15, 0.2) is 97.6 Å². The third kappa shape index (κ3) is 4.25. The molecule has 0 bridgehead atoms. The van der Waals surface area contributed by atoms with E-state index >= 15 is 0 Å². The molecule has 0 heteroatoms. The van der Waals surface area contributed by atoms with Crippen LogP contribution in [0.1, 0.15) is 41.7 Å². The van der Waals surface area contributed by atoms with Crippen molar-refractivity contribution in [2.75, 3.05) is 0 Å². The zero-order valence-corrected chi connectivity index (χ0v) is 18.6. The van der Waals surface area contributed by atoms with Gasteiger partial charge in [-0.1, -0.05) is 117 Å². The van der Waals surface area contributed by atoms with E-state index in [0.717, 1.165) is 19.3 Å². The smallest absolute Gasteiger partial charge is 0.000728 e. The lowest BCUT2D eigenvalue weighted by Crippen LogP contribution is -1.97. The second-order valence-electron chi connectivity index (χ2n) is 7.93. The highest BCUT2D eigenvalue weighted by Gasteiger charge is 2.22. The van der Waals surface area contributed by atoms with Crippen LogP contribution in [0.25, 0.3) is 28.3 Å². The topological polar surface area (TPSA) is 0 Å². The number of benzene rings is 4. The minimum atomic E-state index is 1.06. The summed E-state index contributed by atoms with van der Waals surface area (Å²) in [6.45, 7) is 8.16. The van der Waals surface area contributed by atoms with Gasteiger partial charge in [-0.05, 0) is 69.3 Å². The van der Waals surface area contributed by atoms with Crippen LogP contribution in [-0.4, -0.2) is 0 Å². The minimum absolute atomic E-state index is 1.06. The van der Waals surface area contributed by atoms with E-state index in [-0.39, 0.29) is 0 Å². The fourth-order valence-corrected chi connectivity index (χ4v) is 4.63. The monoisotopic (exact) mass is 402 g/mol. The van der Waals surface area contributed by atoms with Crippen molar-refractivity contribution < 1.29 is 0 Å². The molecule has 0 heterocycles. The summed E-state index contributed by atoms with van der Waals surface area (Å²) in [4.78, 5) is 0. The summed E-state index contributed by atoms with van der Waals surface area (Å²) in [6, 6.07) is 32.4. The van der Waals surface area contributed by atoms with Crippen LogP contribution in [0, 0.1) is 0 Å². The first-order chi connectivity index (χ1) is 15.3. The molecular formula is C31H30. The van der Waals surface area contributed by atoms with E-state index in [1.807, 2.05) is 36.4 Å². The predicted octanol–water partition coefficient (Wildman–Crippen LogP) is 8.38. The van der Waals surface area contributed by atoms with E-state index in [4.69, 9.17) is 0 Å². The van der Waals surface area contributed by atoms with E-state index < -0.39 is 0 Å². The molecule has 0 aromatic heterocycles. The Morgan fingerprint density at radius 2 is 1.26 bits per heavy atom. The van der Waals surface area contributed by atoms with Gasteiger partial charge in [0.05, 0.1) is 0 Å². The highest BCUT2D eigenvalue weighted by molar-refractivity contribution is 5.85. The molecule has 1 aliphatic rings. The molecule has 0 spiro atoms. The van der Waals surface area contributed by atoms with Gasteiger partial charge in [-0.15, -0.1) is 0 Å². The summed E-state index contributed by atoms with van der Waals surface area (Å²) in [5.74, 6) is 0. The van der Waals surface area contributed by atoms with E-state index in [0.29, 0.717) is 0 Å². The number of fused-ring (bicyclic) bond motifs is 3. The van der Waals surface area contributed by atoms with Gasteiger partial charge in [0.25, 0.3) is 0 Å². The first kappa shape index (κ1) is 20.9. The van der Waals surface area contributed by atoms with E-state index in [1.54, 1.807) is 0 Å². The molecule has 0 amide bonds. The molecule has 0 saturated carbocycles. The molecule has 0 atom stereocenters. The quantitative estimate of drug-likeness (QED) is 0.283. The summed E-state index contributed by atoms with van der Waals surface area (Å²) in [7, 11) is 0. The number of rotatable bonds is 4. The molecule has 5 rings (SSSR count). The van der Waals surface area contributed by atoms with Crippen molar-refractivity contribution in [2.24, 2.45) is 0 Å². The lowest BCUT2D eigenvalue weighted by atomic mass is 9.89. The van der Waals surface area contributed by atoms with Gasteiger partial charge in [-0.3, -0.25) is 0 Å². The van der Waals surface area contributed by atoms with Crippen molar-refractivity contribution in [2.45, 2.75) is 33.1 Å². The molecule has 0 aliphatic heterocycles. The Bertz CT molecular complexity index is 1180. The summed E-state index contributed by atoms with van der Waals surface area (Å²) in [5, 5.41) is 0. The zero-order chi connectivity index (χ0) is 21.6. The molecule has 4 aromatic carbocycles. The van der Waals surface area contributed by atoms with E-state index in [2.05, 4.69) is 81.1 Å². The van der Waals surface area contributed by atoms with Gasteiger partial charge in [-0.2, -0.15) is 0 Å². The Kier molecular flexibility index (Phi) is 6.48. The van der Waals surface area contributed by atoms with Crippen molar-refractivity contribution in [3.05, 3.63) is 125 Å². The normalized spacial score (nSPS) is 11.2. The van der Waals surface area contributed by atoms with Crippen LogP contribution in [0.3, 0.4) is 0 Å². The molecule has 1 aliphatic carbocycles. The number of hydrogen-bond donors (Lipinski definition) is 0. The first-order valence-corrected chi connectivity index (χ1v) is 11.3. The fourth-order valence-electron chi connectivity index (χ4n) is 4.63. The van der Waals surface area contributed by atoms with Gasteiger partial charge in [0.2, 0.25) is 0 Å². The maximum Gasteiger partial charge on any atom is -0.000728 e. The second kappa shape index (κ2) is 9.62. The van der Waals surface area contributed by atoms with Crippen LogP contribution in [0.2, 0.25) is 0 Å². The maximum atomic E-state index is 3.63. The predicted molar refractivity (Wildman–Crippen MR) is 135 cm³/mol. The number of hydrogen-bond acceptors (Lipinski definition) is 0. The largest absolute Gasteiger partial charge is 0.0985 e. The Hall–Kier alpha value is -3.38. The third-order valence-corrected chi connectivity index (χ3v) is 6.18. The van der Waals surface area contributed by atoms with E-state index in [1.165, 1.54) is 50.1 Å². The summed E-state index contributed by atoms with van der Waals surface area (Å²) < 4.78 is 0. The van der Waals surface area contributed by atoms with Crippen molar-refractivity contribution in [3.8, 4) is 22.3 Å². The lowest BCUT2D eigenvalue weighted by molar-refractivity contribution is 1.04. The maximum absolute atomic E-state index is 3.63. The highest BCUT2D eigenvalue weighted by Crippen LogP contribution is 2.42. The van der Waals surface area contributed by atoms with Crippen LogP contribution in [0.5, 0.6) is 0 Å². The molecule has 0 radical (unpaired) electrons. The van der Waals surface area contributed by atoms with Gasteiger partial charge in [-0.25, -0.2) is 0 Å². The average molecular weight is 403 g/mol. The van der Waals surface area contributed by atoms with Gasteiger partial charge in [0.15, 0.2) is 0 Å². The van der Waals surface area contributed by atoms with Gasteiger partial charge >= 0.3 is 0 Å². The minimum Gasteiger partial charge on any atom is -0.0985 e. The molecule has 0 fully saturated rings. The van der Waals surface area contributed by atoms with Crippen LogP contribution in [-0.2, 0) is 19.3 Å². The van der Waals surface area contributed by atoms with Gasteiger partial charge in [0, 0.05) is 0 Å². The molecule has 0 unspecified atom stereocenters. The van der Waals surface area contributed by atoms with E-state index in [9.17, 15) is 0 Å². The molecule has 0 N–H and O–H groups in total. The average Bonchev–Trinajstić information content (AvgIpc) is 3.23.